The van der Waals surface area contributed by atoms with Crippen LogP contribution in [-0.4, -0.2) is 20.4 Å². The van der Waals surface area contributed by atoms with Gasteiger partial charge in [0.1, 0.15) is 0 Å². The van der Waals surface area contributed by atoms with Crippen LogP contribution in [0.15, 0.2) is 11.0 Å². The van der Waals surface area contributed by atoms with Crippen molar-refractivity contribution in [3.8, 4) is 0 Å². The summed E-state index contributed by atoms with van der Waals surface area (Å²) < 4.78 is 22.6. The zero-order chi connectivity index (χ0) is 13.3. The van der Waals surface area contributed by atoms with E-state index in [1.165, 1.54) is 6.07 Å². The highest BCUT2D eigenvalue weighted by Gasteiger charge is 2.22. The van der Waals surface area contributed by atoms with Gasteiger partial charge in [-0.05, 0) is 25.8 Å². The summed E-state index contributed by atoms with van der Waals surface area (Å²) in [6.07, 6.45) is 4.27. The Kier molecular flexibility index (Phi) is 3.74. The van der Waals surface area contributed by atoms with Crippen molar-refractivity contribution in [2.45, 2.75) is 43.5 Å². The van der Waals surface area contributed by atoms with Crippen LogP contribution < -0.4 is 10.5 Å². The van der Waals surface area contributed by atoms with Gasteiger partial charge in [0.05, 0.1) is 9.77 Å². The molecule has 1 saturated carbocycles. The van der Waals surface area contributed by atoms with E-state index in [9.17, 15) is 13.2 Å². The number of hydrogen-bond acceptors (Lipinski definition) is 4. The van der Waals surface area contributed by atoms with E-state index in [4.69, 9.17) is 5.14 Å². The average Bonchev–Trinajstić information content (AvgIpc) is 2.85. The molecule has 100 valence electrons. The molecule has 1 fully saturated rings. The van der Waals surface area contributed by atoms with Crippen molar-refractivity contribution in [3.05, 3.63) is 15.8 Å². The molecular weight excluding hydrogens is 272 g/mol. The summed E-state index contributed by atoms with van der Waals surface area (Å²) >= 11 is 1.16. The number of sulfonamides is 1. The minimum Gasteiger partial charge on any atom is -0.349 e. The molecule has 0 spiro atoms. The molecular formula is C11H16N2O3S2. The lowest BCUT2D eigenvalue weighted by Gasteiger charge is -2.10. The molecule has 0 aliphatic heterocycles. The van der Waals surface area contributed by atoms with Crippen molar-refractivity contribution in [2.75, 3.05) is 0 Å². The Bertz CT molecular complexity index is 557. The minimum absolute atomic E-state index is 0.0454. The Morgan fingerprint density at radius 3 is 2.56 bits per heavy atom. The van der Waals surface area contributed by atoms with Crippen LogP contribution in [0.5, 0.6) is 0 Å². The van der Waals surface area contributed by atoms with Crippen LogP contribution in [0.3, 0.4) is 0 Å². The molecule has 2 rings (SSSR count). The Morgan fingerprint density at radius 1 is 1.44 bits per heavy atom. The van der Waals surface area contributed by atoms with Crippen LogP contribution in [0, 0.1) is 6.92 Å². The minimum atomic E-state index is -3.74. The van der Waals surface area contributed by atoms with Gasteiger partial charge in [-0.15, -0.1) is 11.3 Å². The van der Waals surface area contributed by atoms with Crippen molar-refractivity contribution in [1.82, 2.24) is 5.32 Å². The van der Waals surface area contributed by atoms with Crippen LogP contribution in [0.4, 0.5) is 0 Å². The van der Waals surface area contributed by atoms with Gasteiger partial charge >= 0.3 is 0 Å². The molecule has 3 N–H and O–H groups in total. The highest BCUT2D eigenvalue weighted by atomic mass is 32.2. The number of aryl methyl sites for hydroxylation is 1. The van der Waals surface area contributed by atoms with Gasteiger partial charge in [0.15, 0.2) is 0 Å². The lowest BCUT2D eigenvalue weighted by molar-refractivity contribution is 0.0942. The van der Waals surface area contributed by atoms with Gasteiger partial charge in [-0.2, -0.15) is 0 Å². The summed E-state index contributed by atoms with van der Waals surface area (Å²) in [5, 5.41) is 8.00. The Balaban J connectivity index is 2.16. The molecule has 5 nitrogen and oxygen atoms in total. The molecule has 18 heavy (non-hydrogen) atoms. The zero-order valence-corrected chi connectivity index (χ0v) is 11.7. The molecule has 1 aromatic rings. The maximum absolute atomic E-state index is 12.0. The van der Waals surface area contributed by atoms with Crippen molar-refractivity contribution in [3.63, 3.8) is 0 Å². The second-order valence-electron chi connectivity index (χ2n) is 4.53. The van der Waals surface area contributed by atoms with Gasteiger partial charge in [-0.3, -0.25) is 4.79 Å². The van der Waals surface area contributed by atoms with E-state index in [-0.39, 0.29) is 16.8 Å². The summed E-state index contributed by atoms with van der Waals surface area (Å²) in [7, 11) is -3.74. The number of nitrogens with one attached hydrogen (secondary N) is 1. The normalized spacial score (nSPS) is 17.0. The monoisotopic (exact) mass is 288 g/mol. The molecule has 0 saturated heterocycles. The molecule has 1 amide bonds. The molecule has 1 aliphatic rings. The van der Waals surface area contributed by atoms with Gasteiger partial charge in [0, 0.05) is 10.9 Å². The van der Waals surface area contributed by atoms with E-state index in [1.54, 1.807) is 6.92 Å². The van der Waals surface area contributed by atoms with E-state index < -0.39 is 10.0 Å². The number of amides is 1. The zero-order valence-electron chi connectivity index (χ0n) is 10.1. The van der Waals surface area contributed by atoms with Gasteiger partial charge in [0.2, 0.25) is 10.0 Å². The van der Waals surface area contributed by atoms with Crippen LogP contribution in [-0.2, 0) is 10.0 Å². The third kappa shape index (κ3) is 2.90. The maximum atomic E-state index is 12.0. The first-order chi connectivity index (χ1) is 8.38. The fourth-order valence-corrected chi connectivity index (χ4v) is 4.24. The molecule has 1 aliphatic carbocycles. The van der Waals surface area contributed by atoms with Crippen molar-refractivity contribution in [1.29, 1.82) is 0 Å². The molecule has 0 radical (unpaired) electrons. The number of nitrogens with two attached hydrogens (primary N) is 1. The number of hydrogen-bond donors (Lipinski definition) is 2. The van der Waals surface area contributed by atoms with E-state index in [2.05, 4.69) is 5.32 Å². The summed E-state index contributed by atoms with van der Waals surface area (Å²) in [6.45, 7) is 1.65. The number of carbonyl (C=O) groups is 1. The first-order valence-electron chi connectivity index (χ1n) is 5.82. The molecule has 1 heterocycles. The second-order valence-corrected chi connectivity index (χ2v) is 7.32. The first kappa shape index (κ1) is 13.5. The largest absolute Gasteiger partial charge is 0.349 e. The Labute approximate surface area is 110 Å². The van der Waals surface area contributed by atoms with E-state index >= 15 is 0 Å². The number of rotatable bonds is 3. The van der Waals surface area contributed by atoms with Crippen LogP contribution in [0.2, 0.25) is 0 Å². The quantitative estimate of drug-likeness (QED) is 0.880. The molecule has 7 heteroatoms. The lowest BCUT2D eigenvalue weighted by Crippen LogP contribution is -2.32. The topological polar surface area (TPSA) is 89.3 Å². The van der Waals surface area contributed by atoms with Gasteiger partial charge in [0.25, 0.3) is 5.91 Å². The highest BCUT2D eigenvalue weighted by Crippen LogP contribution is 2.25. The molecule has 1 aromatic heterocycles. The fourth-order valence-electron chi connectivity index (χ4n) is 2.19. The third-order valence-corrected chi connectivity index (χ3v) is 5.31. The van der Waals surface area contributed by atoms with Crippen LogP contribution in [0.25, 0.3) is 0 Å². The SMILES string of the molecule is Cc1sc(C(=O)NC2CCCC2)cc1S(N)(=O)=O. The lowest BCUT2D eigenvalue weighted by atomic mass is 10.2. The fraction of sp³-hybridized carbons (Fsp3) is 0.545. The summed E-state index contributed by atoms with van der Waals surface area (Å²) in [6, 6.07) is 1.58. The second kappa shape index (κ2) is 4.99. The van der Waals surface area contributed by atoms with Crippen molar-refractivity contribution < 1.29 is 13.2 Å². The Morgan fingerprint density at radius 2 is 2.06 bits per heavy atom. The Hall–Kier alpha value is -0.920. The third-order valence-electron chi connectivity index (χ3n) is 3.09. The van der Waals surface area contributed by atoms with E-state index in [0.717, 1.165) is 37.0 Å². The number of carbonyl (C=O) groups excluding carboxylic acids is 1. The summed E-state index contributed by atoms with van der Waals surface area (Å²) in [4.78, 5) is 13.0. The van der Waals surface area contributed by atoms with E-state index in [1.807, 2.05) is 0 Å². The number of primary sulfonamides is 1. The van der Waals surface area contributed by atoms with Crippen molar-refractivity contribution in [2.24, 2.45) is 5.14 Å². The smallest absolute Gasteiger partial charge is 0.261 e. The summed E-state index contributed by atoms with van der Waals surface area (Å²) in [5.41, 5.74) is 0. The number of thiophene rings is 1. The first-order valence-corrected chi connectivity index (χ1v) is 8.18. The standard InChI is InChI=1S/C11H16N2O3S2/c1-7-10(18(12,15)16)6-9(17-7)11(14)13-8-4-2-3-5-8/h6,8H,2-5H2,1H3,(H,13,14)(H2,12,15,16). The average molecular weight is 288 g/mol. The van der Waals surface area contributed by atoms with E-state index in [0.29, 0.717) is 9.75 Å². The predicted octanol–water partition coefficient (Wildman–Crippen LogP) is 1.38. The summed E-state index contributed by atoms with van der Waals surface area (Å²) in [5.74, 6) is -0.204. The highest BCUT2D eigenvalue weighted by molar-refractivity contribution is 7.89. The van der Waals surface area contributed by atoms with Gasteiger partial charge < -0.3 is 5.32 Å². The van der Waals surface area contributed by atoms with Crippen molar-refractivity contribution >= 4 is 27.3 Å². The molecule has 0 atom stereocenters. The van der Waals surface area contributed by atoms with Crippen LogP contribution >= 0.6 is 11.3 Å². The molecule has 0 aromatic carbocycles. The predicted molar refractivity (Wildman–Crippen MR) is 70.2 cm³/mol. The van der Waals surface area contributed by atoms with Gasteiger partial charge in [-0.25, -0.2) is 13.6 Å². The van der Waals surface area contributed by atoms with Gasteiger partial charge in [-0.1, -0.05) is 12.8 Å². The molecule has 0 bridgehead atoms. The molecule has 0 unspecified atom stereocenters. The maximum Gasteiger partial charge on any atom is 0.261 e. The van der Waals surface area contributed by atoms with Crippen LogP contribution in [0.1, 0.15) is 40.2 Å².